The summed E-state index contributed by atoms with van der Waals surface area (Å²) < 4.78 is 51.2. The lowest BCUT2D eigenvalue weighted by molar-refractivity contribution is -0.171. The summed E-state index contributed by atoms with van der Waals surface area (Å²) in [6, 6.07) is 10.6. The SMILES string of the molecule is CCC(=O)O[C@H]1[C@H](c2ccc3c(N)ncnn23)O[C@](C)(CO[P@](=O)(N[C@@H](C)C(=O)OCC2CC2)Oc2ccccc2)[C@H]1OC(=O)CC. The smallest absolute Gasteiger partial charge is 0.459 e. The van der Waals surface area contributed by atoms with Crippen molar-refractivity contribution in [1.82, 2.24) is 19.7 Å². The standard InChI is InChI=1S/C31H40N5O10P/c1-5-24(37)43-27-26(22-14-15-23-29(32)33-18-34-36(22)23)45-31(4,28(27)44-25(38)6-2)17-42-47(40,46-21-10-8-7-9-11-21)35-19(3)30(39)41-16-20-12-13-20/h7-11,14-15,18-20,26-28H,5-6,12-13,16-17H2,1-4H3,(H,35,40)(H2,32,33,34)/t19-,26-,27-,28-,31+,47+/m0/s1. The number of nitrogens with one attached hydrogen (secondary N) is 1. The summed E-state index contributed by atoms with van der Waals surface area (Å²) in [4.78, 5) is 42.2. The van der Waals surface area contributed by atoms with E-state index in [0.29, 0.717) is 17.1 Å². The van der Waals surface area contributed by atoms with Crippen molar-refractivity contribution in [3.8, 4) is 5.75 Å². The number of nitrogens with two attached hydrogens (primary N) is 1. The van der Waals surface area contributed by atoms with Crippen LogP contribution in [0.1, 0.15) is 65.2 Å². The van der Waals surface area contributed by atoms with Gasteiger partial charge in [-0.2, -0.15) is 10.2 Å². The van der Waals surface area contributed by atoms with Gasteiger partial charge < -0.3 is 29.2 Å². The topological polar surface area (TPSA) is 192 Å². The number of esters is 3. The molecule has 2 aliphatic rings. The minimum Gasteiger partial charge on any atom is -0.464 e. The van der Waals surface area contributed by atoms with Crippen molar-refractivity contribution in [2.75, 3.05) is 18.9 Å². The maximum absolute atomic E-state index is 14.3. The average Bonchev–Trinajstić information content (AvgIpc) is 3.73. The number of nitrogen functional groups attached to an aromatic ring is 1. The van der Waals surface area contributed by atoms with E-state index in [1.165, 1.54) is 17.8 Å². The number of benzene rings is 1. The third-order valence-corrected chi connectivity index (χ3v) is 9.48. The Morgan fingerprint density at radius 2 is 1.81 bits per heavy atom. The number of para-hydroxylation sites is 1. The van der Waals surface area contributed by atoms with Gasteiger partial charge in [0.1, 0.15) is 35.3 Å². The minimum atomic E-state index is -4.35. The summed E-state index contributed by atoms with van der Waals surface area (Å²) in [6.07, 6.45) is -0.133. The second-order valence-corrected chi connectivity index (χ2v) is 13.4. The van der Waals surface area contributed by atoms with Gasteiger partial charge in [-0.15, -0.1) is 0 Å². The van der Waals surface area contributed by atoms with Crippen molar-refractivity contribution in [2.24, 2.45) is 5.92 Å². The Labute approximate surface area is 272 Å². The van der Waals surface area contributed by atoms with Crippen molar-refractivity contribution in [1.29, 1.82) is 0 Å². The van der Waals surface area contributed by atoms with Crippen molar-refractivity contribution in [2.45, 2.75) is 83.3 Å². The molecule has 5 rings (SSSR count). The van der Waals surface area contributed by atoms with Gasteiger partial charge in [0.25, 0.3) is 0 Å². The Balaban J connectivity index is 1.47. The van der Waals surface area contributed by atoms with Crippen LogP contribution in [-0.4, -0.2) is 69.6 Å². The lowest BCUT2D eigenvalue weighted by Gasteiger charge is -2.32. The van der Waals surface area contributed by atoms with Gasteiger partial charge in [-0.05, 0) is 56.9 Å². The van der Waals surface area contributed by atoms with Crippen LogP contribution in [0.4, 0.5) is 5.82 Å². The van der Waals surface area contributed by atoms with Crippen molar-refractivity contribution < 1.29 is 46.9 Å². The Morgan fingerprint density at radius 1 is 1.11 bits per heavy atom. The fraction of sp³-hybridized carbons (Fsp3) is 0.516. The Hall–Kier alpha value is -4.04. The maximum Gasteiger partial charge on any atom is 0.459 e. The molecule has 15 nitrogen and oxygen atoms in total. The summed E-state index contributed by atoms with van der Waals surface area (Å²) in [5.41, 5.74) is 5.40. The largest absolute Gasteiger partial charge is 0.464 e. The van der Waals surface area contributed by atoms with E-state index in [2.05, 4.69) is 15.2 Å². The van der Waals surface area contributed by atoms with E-state index in [4.69, 9.17) is 33.7 Å². The first-order chi connectivity index (χ1) is 22.4. The van der Waals surface area contributed by atoms with Crippen molar-refractivity contribution in [3.63, 3.8) is 0 Å². The van der Waals surface area contributed by atoms with Gasteiger partial charge in [-0.25, -0.2) is 14.1 Å². The van der Waals surface area contributed by atoms with E-state index in [-0.39, 0.29) is 31.0 Å². The van der Waals surface area contributed by atoms with Crippen LogP contribution in [0.15, 0.2) is 48.8 Å². The monoisotopic (exact) mass is 673 g/mol. The zero-order valence-corrected chi connectivity index (χ0v) is 27.6. The molecule has 254 valence electrons. The molecule has 3 heterocycles. The summed E-state index contributed by atoms with van der Waals surface area (Å²) in [6.45, 7) is 6.09. The van der Waals surface area contributed by atoms with Gasteiger partial charge in [0.15, 0.2) is 18.0 Å². The Bertz CT molecular complexity index is 1630. The molecule has 2 fully saturated rings. The van der Waals surface area contributed by atoms with Gasteiger partial charge in [-0.1, -0.05) is 32.0 Å². The zero-order chi connectivity index (χ0) is 33.8. The number of aromatic nitrogens is 3. The van der Waals surface area contributed by atoms with Gasteiger partial charge in [0.05, 0.1) is 18.9 Å². The fourth-order valence-electron chi connectivity index (χ4n) is 5.06. The molecule has 47 heavy (non-hydrogen) atoms. The van der Waals surface area contributed by atoms with Crippen LogP contribution in [0.3, 0.4) is 0 Å². The lowest BCUT2D eigenvalue weighted by atomic mass is 9.96. The van der Waals surface area contributed by atoms with Crippen molar-refractivity contribution in [3.05, 3.63) is 54.5 Å². The van der Waals surface area contributed by atoms with Gasteiger partial charge in [-0.3, -0.25) is 18.9 Å². The van der Waals surface area contributed by atoms with E-state index >= 15 is 0 Å². The highest BCUT2D eigenvalue weighted by Crippen LogP contribution is 2.50. The van der Waals surface area contributed by atoms with Crippen LogP contribution < -0.4 is 15.3 Å². The van der Waals surface area contributed by atoms with E-state index in [1.807, 2.05) is 0 Å². The lowest BCUT2D eigenvalue weighted by Crippen LogP contribution is -2.48. The first kappa shape index (κ1) is 34.3. The van der Waals surface area contributed by atoms with E-state index < -0.39 is 62.2 Å². The quantitative estimate of drug-likeness (QED) is 0.134. The zero-order valence-electron chi connectivity index (χ0n) is 26.7. The number of carbonyl (C=O) groups is 3. The predicted octanol–water partition coefficient (Wildman–Crippen LogP) is 3.92. The number of nitrogens with zero attached hydrogens (tertiary/aromatic N) is 3. The number of fused-ring (bicyclic) bond motifs is 1. The molecule has 6 atom stereocenters. The number of carbonyl (C=O) groups excluding carboxylic acids is 3. The molecule has 1 aromatic carbocycles. The van der Waals surface area contributed by atoms with Crippen LogP contribution in [0.2, 0.25) is 0 Å². The first-order valence-electron chi connectivity index (χ1n) is 15.5. The molecule has 0 bridgehead atoms. The summed E-state index contributed by atoms with van der Waals surface area (Å²) >= 11 is 0. The summed E-state index contributed by atoms with van der Waals surface area (Å²) in [5.74, 6) is -1.04. The maximum atomic E-state index is 14.3. The molecule has 1 aliphatic heterocycles. The molecular formula is C31H40N5O10P. The molecule has 2 aromatic heterocycles. The molecule has 1 aliphatic carbocycles. The molecular weight excluding hydrogens is 633 g/mol. The molecule has 16 heteroatoms. The highest BCUT2D eigenvalue weighted by atomic mass is 31.2. The van der Waals surface area contributed by atoms with E-state index in [0.717, 1.165) is 12.8 Å². The van der Waals surface area contributed by atoms with Gasteiger partial charge >= 0.3 is 25.7 Å². The Morgan fingerprint density at radius 3 is 2.49 bits per heavy atom. The number of ether oxygens (including phenoxy) is 4. The normalized spacial score (nSPS) is 24.3. The molecule has 0 unspecified atom stereocenters. The molecule has 3 N–H and O–H groups in total. The number of hydrogen-bond donors (Lipinski definition) is 2. The molecule has 0 spiro atoms. The molecule has 3 aromatic rings. The number of rotatable bonds is 15. The summed E-state index contributed by atoms with van der Waals surface area (Å²) in [7, 11) is -4.35. The third kappa shape index (κ3) is 8.10. The number of anilines is 1. The van der Waals surface area contributed by atoms with Crippen LogP contribution in [-0.2, 0) is 42.4 Å². The fourth-order valence-corrected chi connectivity index (χ4v) is 6.65. The van der Waals surface area contributed by atoms with Crippen LogP contribution >= 0.6 is 7.75 Å². The van der Waals surface area contributed by atoms with E-state index in [1.54, 1.807) is 63.2 Å². The Kier molecular flexibility index (Phi) is 10.5. The third-order valence-electron chi connectivity index (χ3n) is 7.85. The number of hydrogen-bond acceptors (Lipinski definition) is 13. The highest BCUT2D eigenvalue weighted by molar-refractivity contribution is 7.52. The molecule has 0 amide bonds. The van der Waals surface area contributed by atoms with Crippen LogP contribution in [0.5, 0.6) is 5.75 Å². The second kappa shape index (κ2) is 14.4. The van der Waals surface area contributed by atoms with Gasteiger partial charge in [0.2, 0.25) is 0 Å². The van der Waals surface area contributed by atoms with Crippen LogP contribution in [0.25, 0.3) is 5.52 Å². The highest BCUT2D eigenvalue weighted by Gasteiger charge is 2.59. The first-order valence-corrected chi connectivity index (χ1v) is 17.1. The van der Waals surface area contributed by atoms with Gasteiger partial charge in [0, 0.05) is 12.8 Å². The minimum absolute atomic E-state index is 0.0159. The molecule has 0 radical (unpaired) electrons. The molecule has 1 saturated carbocycles. The summed E-state index contributed by atoms with van der Waals surface area (Å²) in [5, 5.41) is 6.96. The molecule has 1 saturated heterocycles. The second-order valence-electron chi connectivity index (χ2n) is 11.7. The van der Waals surface area contributed by atoms with E-state index in [9.17, 15) is 18.9 Å². The van der Waals surface area contributed by atoms with Crippen molar-refractivity contribution >= 4 is 37.0 Å². The van der Waals surface area contributed by atoms with Crippen LogP contribution in [0, 0.1) is 5.92 Å². The average molecular weight is 674 g/mol. The predicted molar refractivity (Wildman–Crippen MR) is 167 cm³/mol.